The molecule has 0 fully saturated rings. The smallest absolute Gasteiger partial charge is 0.258 e. The molecule has 3 aromatic rings. The highest BCUT2D eigenvalue weighted by Gasteiger charge is 2.12. The number of para-hydroxylation sites is 1. The third-order valence-corrected chi connectivity index (χ3v) is 3.10. The van der Waals surface area contributed by atoms with Crippen molar-refractivity contribution < 1.29 is 18.1 Å². The Bertz CT molecular complexity index is 875. The van der Waals surface area contributed by atoms with Crippen LogP contribution in [0.15, 0.2) is 47.2 Å². The van der Waals surface area contributed by atoms with Gasteiger partial charge in [-0.2, -0.15) is 0 Å². The maximum Gasteiger partial charge on any atom is 0.258 e. The van der Waals surface area contributed by atoms with Crippen molar-refractivity contribution in [2.24, 2.45) is 0 Å². The van der Waals surface area contributed by atoms with Crippen molar-refractivity contribution in [2.75, 3.05) is 10.6 Å². The van der Waals surface area contributed by atoms with Crippen LogP contribution in [0.3, 0.4) is 0 Å². The average molecular weight is 330 g/mol. The van der Waals surface area contributed by atoms with Gasteiger partial charge in [-0.15, -0.1) is 0 Å². The number of nitrogens with zero attached hydrogens (tertiary/aromatic N) is 2. The normalized spacial score (nSPS) is 10.5. The summed E-state index contributed by atoms with van der Waals surface area (Å²) in [5.41, 5.74) is 0.143. The van der Waals surface area contributed by atoms with Crippen LogP contribution >= 0.6 is 0 Å². The first-order valence-corrected chi connectivity index (χ1v) is 6.93. The lowest BCUT2D eigenvalue weighted by Crippen LogP contribution is -2.12. The lowest BCUT2D eigenvalue weighted by Gasteiger charge is -2.09. The molecule has 1 amide bonds. The largest absolute Gasteiger partial charge is 0.360 e. The molecule has 8 heteroatoms. The number of aryl methyl sites for hydroxylation is 1. The molecular formula is C16H12F2N4O2. The Balaban J connectivity index is 1.80. The number of anilines is 3. The first-order valence-electron chi connectivity index (χ1n) is 6.93. The lowest BCUT2D eigenvalue weighted by atomic mass is 10.2. The zero-order valence-corrected chi connectivity index (χ0v) is 12.5. The van der Waals surface area contributed by atoms with E-state index in [-0.39, 0.29) is 22.8 Å². The van der Waals surface area contributed by atoms with Crippen molar-refractivity contribution in [1.82, 2.24) is 10.1 Å². The standard InChI is InChI=1S/C16H12F2N4O2/c1-9-5-14(22-24-9)21-16(23)10-6-11(8-19-7-10)20-15-12(17)3-2-4-13(15)18/h2-8,20H,1H3,(H,21,22,23). The molecule has 0 unspecified atom stereocenters. The Hall–Kier alpha value is -3.29. The summed E-state index contributed by atoms with van der Waals surface area (Å²) in [5, 5.41) is 8.76. The molecule has 0 saturated carbocycles. The van der Waals surface area contributed by atoms with Crippen molar-refractivity contribution in [3.8, 4) is 0 Å². The summed E-state index contributed by atoms with van der Waals surface area (Å²) in [5.74, 6) is -1.16. The predicted octanol–water partition coefficient (Wildman–Crippen LogP) is 3.65. The van der Waals surface area contributed by atoms with Crippen LogP contribution in [0.4, 0.5) is 26.0 Å². The minimum atomic E-state index is -0.747. The zero-order valence-electron chi connectivity index (χ0n) is 12.5. The van der Waals surface area contributed by atoms with E-state index in [1.54, 1.807) is 13.0 Å². The fourth-order valence-electron chi connectivity index (χ4n) is 2.01. The maximum atomic E-state index is 13.7. The van der Waals surface area contributed by atoms with Gasteiger partial charge in [0.25, 0.3) is 5.91 Å². The van der Waals surface area contributed by atoms with E-state index in [2.05, 4.69) is 20.8 Å². The molecule has 24 heavy (non-hydrogen) atoms. The summed E-state index contributed by atoms with van der Waals surface area (Å²) >= 11 is 0. The first kappa shape index (κ1) is 15.6. The second-order valence-corrected chi connectivity index (χ2v) is 4.96. The lowest BCUT2D eigenvalue weighted by molar-refractivity contribution is 0.102. The molecule has 2 aromatic heterocycles. The fourth-order valence-corrected chi connectivity index (χ4v) is 2.01. The Labute approximate surface area is 135 Å². The number of rotatable bonds is 4. The summed E-state index contributed by atoms with van der Waals surface area (Å²) in [7, 11) is 0. The summed E-state index contributed by atoms with van der Waals surface area (Å²) < 4.78 is 32.2. The third kappa shape index (κ3) is 3.37. The molecule has 2 heterocycles. The molecule has 0 aliphatic heterocycles. The van der Waals surface area contributed by atoms with Gasteiger partial charge >= 0.3 is 0 Å². The minimum Gasteiger partial charge on any atom is -0.360 e. The van der Waals surface area contributed by atoms with Crippen molar-refractivity contribution in [3.63, 3.8) is 0 Å². The van der Waals surface area contributed by atoms with Gasteiger partial charge in [-0.05, 0) is 25.1 Å². The Morgan fingerprint density at radius 1 is 1.17 bits per heavy atom. The number of pyridine rings is 1. The third-order valence-electron chi connectivity index (χ3n) is 3.10. The highest BCUT2D eigenvalue weighted by atomic mass is 19.1. The maximum absolute atomic E-state index is 13.7. The number of carbonyl (C=O) groups is 1. The van der Waals surface area contributed by atoms with Gasteiger partial charge in [0, 0.05) is 12.3 Å². The van der Waals surface area contributed by atoms with E-state index in [0.717, 1.165) is 12.1 Å². The van der Waals surface area contributed by atoms with Gasteiger partial charge in [-0.25, -0.2) is 8.78 Å². The Morgan fingerprint density at radius 3 is 2.58 bits per heavy atom. The van der Waals surface area contributed by atoms with Gasteiger partial charge in [0.05, 0.1) is 17.4 Å². The highest BCUT2D eigenvalue weighted by molar-refractivity contribution is 6.04. The number of benzene rings is 1. The number of halogens is 2. The van der Waals surface area contributed by atoms with Crippen LogP contribution in [-0.4, -0.2) is 16.0 Å². The fraction of sp³-hybridized carbons (Fsp3) is 0.0625. The van der Waals surface area contributed by atoms with Gasteiger partial charge in [0.1, 0.15) is 23.1 Å². The number of nitrogens with one attached hydrogen (secondary N) is 2. The van der Waals surface area contributed by atoms with Gasteiger partial charge in [0.2, 0.25) is 0 Å². The van der Waals surface area contributed by atoms with Gasteiger partial charge in [-0.1, -0.05) is 11.2 Å². The van der Waals surface area contributed by atoms with Crippen LogP contribution in [0.1, 0.15) is 16.1 Å². The number of amides is 1. The summed E-state index contributed by atoms with van der Waals surface area (Å²) in [6.45, 7) is 1.69. The van der Waals surface area contributed by atoms with Crippen molar-refractivity contribution in [1.29, 1.82) is 0 Å². The molecule has 1 aromatic carbocycles. The van der Waals surface area contributed by atoms with Gasteiger partial charge in [0.15, 0.2) is 5.82 Å². The summed E-state index contributed by atoms with van der Waals surface area (Å²) in [6.07, 6.45) is 2.67. The molecule has 0 saturated heterocycles. The Morgan fingerprint density at radius 2 is 1.92 bits per heavy atom. The van der Waals surface area contributed by atoms with Crippen LogP contribution in [0, 0.1) is 18.6 Å². The highest BCUT2D eigenvalue weighted by Crippen LogP contribution is 2.23. The van der Waals surface area contributed by atoms with Crippen LogP contribution in [0.25, 0.3) is 0 Å². The quantitative estimate of drug-likeness (QED) is 0.763. The number of hydrogen-bond donors (Lipinski definition) is 2. The van der Waals surface area contributed by atoms with Gasteiger partial charge < -0.3 is 15.2 Å². The van der Waals surface area contributed by atoms with Crippen LogP contribution in [-0.2, 0) is 0 Å². The van der Waals surface area contributed by atoms with E-state index < -0.39 is 17.5 Å². The first-order chi connectivity index (χ1) is 11.5. The molecule has 0 spiro atoms. The second-order valence-electron chi connectivity index (χ2n) is 4.96. The van der Waals surface area contributed by atoms with Gasteiger partial charge in [-0.3, -0.25) is 9.78 Å². The molecule has 3 rings (SSSR count). The molecule has 0 atom stereocenters. The number of aromatic nitrogens is 2. The van der Waals surface area contributed by atoms with E-state index in [0.29, 0.717) is 5.76 Å². The van der Waals surface area contributed by atoms with Crippen molar-refractivity contribution in [2.45, 2.75) is 6.92 Å². The molecule has 0 aliphatic rings. The van der Waals surface area contributed by atoms with E-state index in [1.165, 1.54) is 24.5 Å². The average Bonchev–Trinajstić information content (AvgIpc) is 2.96. The van der Waals surface area contributed by atoms with E-state index in [4.69, 9.17) is 4.52 Å². The zero-order chi connectivity index (χ0) is 17.1. The van der Waals surface area contributed by atoms with Crippen LogP contribution < -0.4 is 10.6 Å². The van der Waals surface area contributed by atoms with E-state index in [9.17, 15) is 13.6 Å². The molecular weight excluding hydrogens is 318 g/mol. The van der Waals surface area contributed by atoms with Crippen LogP contribution in [0.5, 0.6) is 0 Å². The van der Waals surface area contributed by atoms with Crippen molar-refractivity contribution in [3.05, 3.63) is 65.7 Å². The van der Waals surface area contributed by atoms with E-state index >= 15 is 0 Å². The van der Waals surface area contributed by atoms with Crippen LogP contribution in [0.2, 0.25) is 0 Å². The minimum absolute atomic E-state index is 0.192. The molecule has 0 aliphatic carbocycles. The second kappa shape index (κ2) is 6.45. The number of carbonyl (C=O) groups excluding carboxylic acids is 1. The monoisotopic (exact) mass is 330 g/mol. The number of hydrogen-bond acceptors (Lipinski definition) is 5. The molecule has 2 N–H and O–H groups in total. The molecule has 122 valence electrons. The van der Waals surface area contributed by atoms with Crippen molar-refractivity contribution >= 4 is 23.1 Å². The summed E-state index contributed by atoms with van der Waals surface area (Å²) in [4.78, 5) is 16.0. The molecule has 0 bridgehead atoms. The molecule has 0 radical (unpaired) electrons. The topological polar surface area (TPSA) is 80.0 Å². The Kier molecular flexibility index (Phi) is 4.19. The molecule has 6 nitrogen and oxygen atoms in total. The summed E-state index contributed by atoms with van der Waals surface area (Å²) in [6, 6.07) is 6.49. The van der Waals surface area contributed by atoms with E-state index in [1.807, 2.05) is 0 Å². The SMILES string of the molecule is Cc1cc(NC(=O)c2cncc(Nc3c(F)cccc3F)c2)no1. The predicted molar refractivity (Wildman–Crippen MR) is 83.1 cm³/mol.